The van der Waals surface area contributed by atoms with Crippen molar-refractivity contribution in [2.24, 2.45) is 0 Å². The number of hydrogen-bond donors (Lipinski definition) is 1. The molecule has 2 atom stereocenters. The molecular weight excluding hydrogens is 250 g/mol. The molecule has 0 aliphatic carbocycles. The van der Waals surface area contributed by atoms with E-state index in [-0.39, 0.29) is 12.1 Å². The lowest BCUT2D eigenvalue weighted by atomic mass is 10.0. The van der Waals surface area contributed by atoms with E-state index in [0.29, 0.717) is 0 Å². The second kappa shape index (κ2) is 5.59. The highest BCUT2D eigenvalue weighted by atomic mass is 16.5. The van der Waals surface area contributed by atoms with E-state index in [1.807, 2.05) is 38.1 Å². The number of anilines is 1. The van der Waals surface area contributed by atoms with Gasteiger partial charge in [0, 0.05) is 18.4 Å². The predicted molar refractivity (Wildman–Crippen MR) is 78.7 cm³/mol. The van der Waals surface area contributed by atoms with Gasteiger partial charge in [-0.15, -0.1) is 0 Å². The summed E-state index contributed by atoms with van der Waals surface area (Å²) < 4.78 is 5.88. The van der Waals surface area contributed by atoms with E-state index < -0.39 is 0 Å². The molecule has 1 aromatic heterocycles. The van der Waals surface area contributed by atoms with E-state index in [0.717, 1.165) is 30.4 Å². The standard InChI is InChI=1S/C16H19N3O/c1-11-10-15(18-12(2)17-11)19-14-8-9-20-16(14)13-6-4-3-5-7-13/h3-7,10,14,16H,8-9H2,1-2H3,(H,17,18,19)/t14-,16+/m0/s1. The Morgan fingerprint density at radius 1 is 1.15 bits per heavy atom. The van der Waals surface area contributed by atoms with Gasteiger partial charge < -0.3 is 10.1 Å². The van der Waals surface area contributed by atoms with Gasteiger partial charge in [-0.25, -0.2) is 9.97 Å². The maximum atomic E-state index is 5.88. The quantitative estimate of drug-likeness (QED) is 0.930. The van der Waals surface area contributed by atoms with E-state index >= 15 is 0 Å². The summed E-state index contributed by atoms with van der Waals surface area (Å²) in [7, 11) is 0. The molecule has 4 nitrogen and oxygen atoms in total. The highest BCUT2D eigenvalue weighted by molar-refractivity contribution is 5.38. The minimum absolute atomic E-state index is 0.0896. The summed E-state index contributed by atoms with van der Waals surface area (Å²) in [5.74, 6) is 1.68. The predicted octanol–water partition coefficient (Wildman–Crippen LogP) is 3.04. The van der Waals surface area contributed by atoms with Gasteiger partial charge in [0.2, 0.25) is 0 Å². The van der Waals surface area contributed by atoms with Gasteiger partial charge in [0.1, 0.15) is 17.7 Å². The van der Waals surface area contributed by atoms with Gasteiger partial charge in [-0.2, -0.15) is 0 Å². The first-order chi connectivity index (χ1) is 9.72. The highest BCUT2D eigenvalue weighted by Gasteiger charge is 2.29. The van der Waals surface area contributed by atoms with Gasteiger partial charge in [0.05, 0.1) is 6.04 Å². The summed E-state index contributed by atoms with van der Waals surface area (Å²) in [5, 5.41) is 3.49. The van der Waals surface area contributed by atoms with Crippen LogP contribution in [0.25, 0.3) is 0 Å². The van der Waals surface area contributed by atoms with Crippen LogP contribution in [0.15, 0.2) is 36.4 Å². The number of nitrogens with one attached hydrogen (secondary N) is 1. The van der Waals surface area contributed by atoms with Gasteiger partial charge in [-0.3, -0.25) is 0 Å². The molecule has 0 unspecified atom stereocenters. The Balaban J connectivity index is 1.79. The van der Waals surface area contributed by atoms with Crippen LogP contribution in [0, 0.1) is 13.8 Å². The minimum Gasteiger partial charge on any atom is -0.371 e. The third kappa shape index (κ3) is 2.80. The van der Waals surface area contributed by atoms with E-state index in [4.69, 9.17) is 4.74 Å². The second-order valence-corrected chi connectivity index (χ2v) is 5.18. The van der Waals surface area contributed by atoms with Crippen LogP contribution in [-0.4, -0.2) is 22.6 Å². The molecule has 0 bridgehead atoms. The molecule has 1 aliphatic rings. The lowest BCUT2D eigenvalue weighted by molar-refractivity contribution is 0.107. The SMILES string of the molecule is Cc1cc(N[C@H]2CCO[C@@H]2c2ccccc2)nc(C)n1. The van der Waals surface area contributed by atoms with Crippen LogP contribution in [0.1, 0.15) is 29.6 Å². The number of aromatic nitrogens is 2. The summed E-state index contributed by atoms with van der Waals surface area (Å²) in [4.78, 5) is 8.75. The van der Waals surface area contributed by atoms with Crippen LogP contribution in [0.4, 0.5) is 5.82 Å². The monoisotopic (exact) mass is 269 g/mol. The molecule has 0 amide bonds. The summed E-state index contributed by atoms with van der Waals surface area (Å²) in [5.41, 5.74) is 2.19. The lowest BCUT2D eigenvalue weighted by Gasteiger charge is -2.21. The van der Waals surface area contributed by atoms with E-state index in [9.17, 15) is 0 Å². The highest BCUT2D eigenvalue weighted by Crippen LogP contribution is 2.31. The zero-order valence-electron chi connectivity index (χ0n) is 11.8. The summed E-state index contributed by atoms with van der Waals surface area (Å²) in [6.07, 6.45) is 1.08. The van der Waals surface area contributed by atoms with Crippen molar-refractivity contribution in [2.45, 2.75) is 32.4 Å². The van der Waals surface area contributed by atoms with Gasteiger partial charge >= 0.3 is 0 Å². The van der Waals surface area contributed by atoms with Crippen molar-refractivity contribution in [1.82, 2.24) is 9.97 Å². The molecule has 2 aromatic rings. The largest absolute Gasteiger partial charge is 0.371 e. The average Bonchev–Trinajstić information content (AvgIpc) is 2.86. The van der Waals surface area contributed by atoms with Crippen molar-refractivity contribution < 1.29 is 4.74 Å². The Labute approximate surface area is 119 Å². The Bertz CT molecular complexity index is 565. The van der Waals surface area contributed by atoms with Crippen LogP contribution in [-0.2, 0) is 4.74 Å². The molecule has 20 heavy (non-hydrogen) atoms. The van der Waals surface area contributed by atoms with E-state index in [1.54, 1.807) is 0 Å². The van der Waals surface area contributed by atoms with Crippen molar-refractivity contribution in [3.63, 3.8) is 0 Å². The molecule has 0 spiro atoms. The van der Waals surface area contributed by atoms with Gasteiger partial charge in [-0.05, 0) is 25.8 Å². The van der Waals surface area contributed by atoms with Gasteiger partial charge in [0.25, 0.3) is 0 Å². The maximum Gasteiger partial charge on any atom is 0.130 e. The molecule has 4 heteroatoms. The van der Waals surface area contributed by atoms with Crippen LogP contribution in [0.5, 0.6) is 0 Å². The number of benzene rings is 1. The fourth-order valence-electron chi connectivity index (χ4n) is 2.69. The summed E-state index contributed by atoms with van der Waals surface area (Å²) in [6, 6.07) is 12.6. The zero-order chi connectivity index (χ0) is 13.9. The van der Waals surface area contributed by atoms with E-state index in [2.05, 4.69) is 27.4 Å². The first kappa shape index (κ1) is 13.1. The molecule has 1 saturated heterocycles. The number of rotatable bonds is 3. The fraction of sp³-hybridized carbons (Fsp3) is 0.375. The molecular formula is C16H19N3O. The molecule has 1 fully saturated rings. The molecule has 2 heterocycles. The van der Waals surface area contributed by atoms with Crippen molar-refractivity contribution in [3.8, 4) is 0 Å². The maximum absolute atomic E-state index is 5.88. The average molecular weight is 269 g/mol. The lowest BCUT2D eigenvalue weighted by Crippen LogP contribution is -2.24. The molecule has 1 aliphatic heterocycles. The first-order valence-corrected chi connectivity index (χ1v) is 6.98. The molecule has 1 N–H and O–H groups in total. The normalized spacial score (nSPS) is 21.9. The molecule has 0 saturated carbocycles. The summed E-state index contributed by atoms with van der Waals surface area (Å²) >= 11 is 0. The third-order valence-electron chi connectivity index (χ3n) is 3.52. The Kier molecular flexibility index (Phi) is 3.65. The zero-order valence-corrected chi connectivity index (χ0v) is 11.8. The van der Waals surface area contributed by atoms with Crippen molar-refractivity contribution in [3.05, 3.63) is 53.5 Å². The topological polar surface area (TPSA) is 47.0 Å². The van der Waals surface area contributed by atoms with Crippen molar-refractivity contribution >= 4 is 5.82 Å². The van der Waals surface area contributed by atoms with E-state index in [1.165, 1.54) is 5.56 Å². The Hall–Kier alpha value is -1.94. The Morgan fingerprint density at radius 3 is 2.70 bits per heavy atom. The van der Waals surface area contributed by atoms with Crippen LogP contribution in [0.2, 0.25) is 0 Å². The van der Waals surface area contributed by atoms with Crippen molar-refractivity contribution in [1.29, 1.82) is 0 Å². The summed E-state index contributed by atoms with van der Waals surface area (Å²) in [6.45, 7) is 4.68. The fourth-order valence-corrected chi connectivity index (χ4v) is 2.69. The van der Waals surface area contributed by atoms with Gasteiger partial charge in [0.15, 0.2) is 0 Å². The third-order valence-corrected chi connectivity index (χ3v) is 3.52. The molecule has 1 aromatic carbocycles. The number of aryl methyl sites for hydroxylation is 2. The van der Waals surface area contributed by atoms with Crippen LogP contribution >= 0.6 is 0 Å². The smallest absolute Gasteiger partial charge is 0.130 e. The Morgan fingerprint density at radius 2 is 1.95 bits per heavy atom. The first-order valence-electron chi connectivity index (χ1n) is 6.98. The molecule has 3 rings (SSSR count). The van der Waals surface area contributed by atoms with Crippen molar-refractivity contribution in [2.75, 3.05) is 11.9 Å². The molecule has 104 valence electrons. The molecule has 0 radical (unpaired) electrons. The van der Waals surface area contributed by atoms with Gasteiger partial charge in [-0.1, -0.05) is 30.3 Å². The second-order valence-electron chi connectivity index (χ2n) is 5.18. The number of nitrogens with zero attached hydrogens (tertiary/aromatic N) is 2. The van der Waals surface area contributed by atoms with Crippen LogP contribution in [0.3, 0.4) is 0 Å². The van der Waals surface area contributed by atoms with Crippen LogP contribution < -0.4 is 5.32 Å². The number of hydrogen-bond acceptors (Lipinski definition) is 4. The number of ether oxygens (including phenoxy) is 1. The minimum atomic E-state index is 0.0896.